The van der Waals surface area contributed by atoms with Gasteiger partial charge in [0, 0.05) is 26.9 Å². The predicted octanol–water partition coefficient (Wildman–Crippen LogP) is 0.380. The number of hydrogen-bond donors (Lipinski definition) is 0. The highest BCUT2D eigenvalue weighted by Gasteiger charge is 2.42. The summed E-state index contributed by atoms with van der Waals surface area (Å²) in [5.41, 5.74) is 0. The lowest BCUT2D eigenvalue weighted by atomic mass is 10.3. The average Bonchev–Trinajstić information content (AvgIpc) is 2.54. The van der Waals surface area contributed by atoms with Gasteiger partial charge >= 0.3 is 11.9 Å². The van der Waals surface area contributed by atoms with E-state index in [0.29, 0.717) is 13.1 Å². The minimum atomic E-state index is -0.513. The molecule has 6 nitrogen and oxygen atoms in total. The van der Waals surface area contributed by atoms with E-state index in [9.17, 15) is 9.59 Å². The third-order valence-corrected chi connectivity index (χ3v) is 2.66. The first-order valence-corrected chi connectivity index (χ1v) is 5.85. The van der Waals surface area contributed by atoms with Gasteiger partial charge in [0.1, 0.15) is 0 Å². The predicted molar refractivity (Wildman–Crippen MR) is 60.7 cm³/mol. The molecule has 0 amide bonds. The van der Waals surface area contributed by atoms with Gasteiger partial charge in [-0.25, -0.2) is 10.0 Å². The largest absolute Gasteiger partial charge is 0.456 e. The van der Waals surface area contributed by atoms with Crippen molar-refractivity contribution in [2.45, 2.75) is 40.0 Å². The molecular weight excluding hydrogens is 224 g/mol. The molecule has 1 rings (SSSR count). The first kappa shape index (κ1) is 13.9. The lowest BCUT2D eigenvalue weighted by Gasteiger charge is -2.29. The molecule has 6 heteroatoms. The van der Waals surface area contributed by atoms with Crippen molar-refractivity contribution >= 4 is 11.9 Å². The molecule has 0 spiro atoms. The Morgan fingerprint density at radius 1 is 1.12 bits per heavy atom. The number of ether oxygens (including phenoxy) is 2. The van der Waals surface area contributed by atoms with Gasteiger partial charge < -0.3 is 9.47 Å². The molecule has 1 heterocycles. The molecule has 0 aromatic carbocycles. The monoisotopic (exact) mass is 244 g/mol. The van der Waals surface area contributed by atoms with Crippen molar-refractivity contribution in [3.8, 4) is 0 Å². The van der Waals surface area contributed by atoms with Crippen molar-refractivity contribution in [2.75, 3.05) is 19.6 Å². The number of carbonyl (C=O) groups excluding carboxylic acids is 2. The van der Waals surface area contributed by atoms with E-state index in [0.717, 1.165) is 6.54 Å². The molecule has 0 aliphatic carbocycles. The summed E-state index contributed by atoms with van der Waals surface area (Å²) in [6, 6.07) is 0. The molecule has 0 aromatic rings. The summed E-state index contributed by atoms with van der Waals surface area (Å²) in [5, 5.41) is 3.93. The van der Waals surface area contributed by atoms with E-state index < -0.39 is 12.3 Å². The zero-order chi connectivity index (χ0) is 13.0. The summed E-state index contributed by atoms with van der Waals surface area (Å²) in [5.74, 6) is -0.732. The zero-order valence-electron chi connectivity index (χ0n) is 10.8. The molecule has 0 bridgehead atoms. The van der Waals surface area contributed by atoms with Crippen molar-refractivity contribution in [3.05, 3.63) is 0 Å². The summed E-state index contributed by atoms with van der Waals surface area (Å²) < 4.78 is 10.4. The molecule has 0 aromatic heterocycles. The van der Waals surface area contributed by atoms with Crippen molar-refractivity contribution in [3.63, 3.8) is 0 Å². The standard InChI is InChI=1S/C11H20N2O4/c1-5-12-7-10(16-8(3)14)11(13(12)6-2)17-9(4)15/h10-11H,5-7H2,1-4H3. The van der Waals surface area contributed by atoms with Gasteiger partial charge in [0.05, 0.1) is 6.54 Å². The summed E-state index contributed by atoms with van der Waals surface area (Å²) in [6.07, 6.45) is -0.933. The Morgan fingerprint density at radius 3 is 2.12 bits per heavy atom. The number of likely N-dealkylation sites (N-methyl/N-ethyl adjacent to an activating group) is 2. The van der Waals surface area contributed by atoms with Gasteiger partial charge in [0.25, 0.3) is 0 Å². The van der Waals surface area contributed by atoms with E-state index >= 15 is 0 Å². The second-order valence-corrected chi connectivity index (χ2v) is 3.91. The molecule has 1 aliphatic heterocycles. The fourth-order valence-electron chi connectivity index (χ4n) is 2.06. The van der Waals surface area contributed by atoms with E-state index in [-0.39, 0.29) is 11.9 Å². The van der Waals surface area contributed by atoms with E-state index in [1.54, 1.807) is 0 Å². The number of hydrogen-bond acceptors (Lipinski definition) is 6. The van der Waals surface area contributed by atoms with E-state index in [4.69, 9.17) is 9.47 Å². The zero-order valence-corrected chi connectivity index (χ0v) is 10.8. The van der Waals surface area contributed by atoms with Crippen LogP contribution in [0, 0.1) is 0 Å². The van der Waals surface area contributed by atoms with Crippen LogP contribution in [0.2, 0.25) is 0 Å². The minimum absolute atomic E-state index is 0.360. The number of nitrogens with zero attached hydrogens (tertiary/aromatic N) is 2. The van der Waals surface area contributed by atoms with Crippen LogP contribution in [0.3, 0.4) is 0 Å². The fraction of sp³-hybridized carbons (Fsp3) is 0.818. The maximum absolute atomic E-state index is 11.1. The molecule has 1 fully saturated rings. The third-order valence-electron chi connectivity index (χ3n) is 2.66. The van der Waals surface area contributed by atoms with Crippen LogP contribution in [0.1, 0.15) is 27.7 Å². The second kappa shape index (κ2) is 5.97. The second-order valence-electron chi connectivity index (χ2n) is 3.91. The number of carbonyl (C=O) groups is 2. The molecule has 0 N–H and O–H groups in total. The molecular formula is C11H20N2O4. The van der Waals surface area contributed by atoms with Gasteiger partial charge in [-0.05, 0) is 0 Å². The fourth-order valence-corrected chi connectivity index (χ4v) is 2.06. The number of hydrazine groups is 1. The molecule has 2 atom stereocenters. The summed E-state index contributed by atoms with van der Waals surface area (Å²) in [4.78, 5) is 22.1. The average molecular weight is 244 g/mol. The Hall–Kier alpha value is -1.14. The summed E-state index contributed by atoms with van der Waals surface area (Å²) in [7, 11) is 0. The molecule has 1 aliphatic rings. The molecule has 98 valence electrons. The van der Waals surface area contributed by atoms with Crippen LogP contribution in [0.4, 0.5) is 0 Å². The van der Waals surface area contributed by atoms with E-state index in [2.05, 4.69) is 0 Å². The van der Waals surface area contributed by atoms with Crippen molar-refractivity contribution < 1.29 is 19.1 Å². The van der Waals surface area contributed by atoms with Gasteiger partial charge in [0.15, 0.2) is 6.10 Å². The minimum Gasteiger partial charge on any atom is -0.456 e. The molecule has 1 saturated heterocycles. The maximum atomic E-state index is 11.1. The molecule has 17 heavy (non-hydrogen) atoms. The first-order valence-electron chi connectivity index (χ1n) is 5.85. The molecule has 0 saturated carbocycles. The van der Waals surface area contributed by atoms with E-state index in [1.807, 2.05) is 23.9 Å². The highest BCUT2D eigenvalue weighted by molar-refractivity contribution is 5.67. The summed E-state index contributed by atoms with van der Waals surface area (Å²) in [6.45, 7) is 8.72. The normalized spacial score (nSPS) is 25.9. The van der Waals surface area contributed by atoms with Gasteiger partial charge in [-0.15, -0.1) is 0 Å². The Labute approximate surface area is 101 Å². The van der Waals surface area contributed by atoms with Gasteiger partial charge in [-0.1, -0.05) is 13.8 Å². The lowest BCUT2D eigenvalue weighted by Crippen LogP contribution is -2.44. The Kier molecular flexibility index (Phi) is 4.89. The lowest BCUT2D eigenvalue weighted by molar-refractivity contribution is -0.179. The van der Waals surface area contributed by atoms with Gasteiger partial charge in [-0.3, -0.25) is 9.59 Å². The highest BCUT2D eigenvalue weighted by Crippen LogP contribution is 2.22. The van der Waals surface area contributed by atoms with Crippen LogP contribution >= 0.6 is 0 Å². The van der Waals surface area contributed by atoms with Crippen LogP contribution in [0.5, 0.6) is 0 Å². The van der Waals surface area contributed by atoms with Crippen LogP contribution in [0.25, 0.3) is 0 Å². The third kappa shape index (κ3) is 3.41. The highest BCUT2D eigenvalue weighted by atomic mass is 16.6. The summed E-state index contributed by atoms with van der Waals surface area (Å²) >= 11 is 0. The van der Waals surface area contributed by atoms with Crippen LogP contribution < -0.4 is 0 Å². The SMILES string of the molecule is CCN1CC(OC(C)=O)C(OC(C)=O)N1CC. The molecule has 0 radical (unpaired) electrons. The number of esters is 2. The van der Waals surface area contributed by atoms with Crippen LogP contribution in [-0.2, 0) is 19.1 Å². The Balaban J connectivity index is 2.80. The topological polar surface area (TPSA) is 59.1 Å². The van der Waals surface area contributed by atoms with Crippen molar-refractivity contribution in [2.24, 2.45) is 0 Å². The smallest absolute Gasteiger partial charge is 0.304 e. The van der Waals surface area contributed by atoms with E-state index in [1.165, 1.54) is 13.8 Å². The van der Waals surface area contributed by atoms with Crippen molar-refractivity contribution in [1.82, 2.24) is 10.0 Å². The number of rotatable bonds is 4. The van der Waals surface area contributed by atoms with Crippen LogP contribution in [-0.4, -0.2) is 53.9 Å². The molecule has 2 unspecified atom stereocenters. The first-order chi connectivity index (χ1) is 7.99. The Bertz CT molecular complexity index is 295. The Morgan fingerprint density at radius 2 is 1.71 bits per heavy atom. The van der Waals surface area contributed by atoms with Gasteiger partial charge in [0.2, 0.25) is 6.23 Å². The van der Waals surface area contributed by atoms with Crippen molar-refractivity contribution in [1.29, 1.82) is 0 Å². The quantitative estimate of drug-likeness (QED) is 0.666. The maximum Gasteiger partial charge on any atom is 0.304 e. The van der Waals surface area contributed by atoms with Crippen LogP contribution in [0.15, 0.2) is 0 Å². The van der Waals surface area contributed by atoms with Gasteiger partial charge in [-0.2, -0.15) is 0 Å².